The molecule has 0 aliphatic rings. The monoisotopic (exact) mass is 343 g/mol. The van der Waals surface area contributed by atoms with Crippen LogP contribution in [0.3, 0.4) is 0 Å². The SMILES string of the molecule is CCOCCO[C@@H](C)C(=O)OCCn1ncc(C(=O)OCC)c1N. The van der Waals surface area contributed by atoms with Crippen LogP contribution in [0, 0.1) is 0 Å². The summed E-state index contributed by atoms with van der Waals surface area (Å²) in [6, 6.07) is 0. The van der Waals surface area contributed by atoms with Gasteiger partial charge in [-0.1, -0.05) is 0 Å². The summed E-state index contributed by atoms with van der Waals surface area (Å²) in [6.45, 7) is 7.07. The Bertz CT molecular complexity index is 531. The molecular weight excluding hydrogens is 318 g/mol. The predicted molar refractivity (Wildman–Crippen MR) is 85.5 cm³/mol. The first-order chi connectivity index (χ1) is 11.5. The summed E-state index contributed by atoms with van der Waals surface area (Å²) in [6.07, 6.45) is 0.643. The summed E-state index contributed by atoms with van der Waals surface area (Å²) in [7, 11) is 0. The molecule has 0 radical (unpaired) electrons. The molecule has 136 valence electrons. The normalized spacial score (nSPS) is 12.0. The van der Waals surface area contributed by atoms with Gasteiger partial charge in [-0.05, 0) is 20.8 Å². The van der Waals surface area contributed by atoms with Crippen molar-refractivity contribution in [1.82, 2.24) is 9.78 Å². The minimum Gasteiger partial charge on any atom is -0.462 e. The summed E-state index contributed by atoms with van der Waals surface area (Å²) in [4.78, 5) is 23.4. The molecule has 1 aromatic rings. The van der Waals surface area contributed by atoms with Crippen LogP contribution in [0.4, 0.5) is 5.82 Å². The molecule has 1 aromatic heterocycles. The first-order valence-corrected chi connectivity index (χ1v) is 7.85. The van der Waals surface area contributed by atoms with Crippen LogP contribution in [-0.2, 0) is 30.3 Å². The van der Waals surface area contributed by atoms with Gasteiger partial charge in [0.05, 0.1) is 32.6 Å². The average Bonchev–Trinajstić information content (AvgIpc) is 2.92. The molecule has 2 N–H and O–H groups in total. The van der Waals surface area contributed by atoms with Crippen molar-refractivity contribution in [2.24, 2.45) is 0 Å². The zero-order chi connectivity index (χ0) is 17.9. The molecule has 9 heteroatoms. The lowest BCUT2D eigenvalue weighted by Crippen LogP contribution is -2.26. The molecule has 0 aliphatic heterocycles. The van der Waals surface area contributed by atoms with E-state index in [0.29, 0.717) is 19.8 Å². The van der Waals surface area contributed by atoms with E-state index < -0.39 is 18.0 Å². The molecule has 0 fully saturated rings. The lowest BCUT2D eigenvalue weighted by molar-refractivity contribution is -0.157. The molecular formula is C15H25N3O6. The first-order valence-electron chi connectivity index (χ1n) is 7.85. The fraction of sp³-hybridized carbons (Fsp3) is 0.667. The highest BCUT2D eigenvalue weighted by molar-refractivity contribution is 5.93. The van der Waals surface area contributed by atoms with Crippen molar-refractivity contribution in [3.63, 3.8) is 0 Å². The highest BCUT2D eigenvalue weighted by atomic mass is 16.6. The molecule has 1 atom stereocenters. The Labute approximate surface area is 141 Å². The maximum absolute atomic E-state index is 11.8. The topological polar surface area (TPSA) is 115 Å². The van der Waals surface area contributed by atoms with Gasteiger partial charge in [-0.3, -0.25) is 0 Å². The number of ether oxygens (including phenoxy) is 4. The van der Waals surface area contributed by atoms with E-state index >= 15 is 0 Å². The third-order valence-corrected chi connectivity index (χ3v) is 3.05. The van der Waals surface area contributed by atoms with E-state index in [-0.39, 0.29) is 31.1 Å². The van der Waals surface area contributed by atoms with Crippen LogP contribution in [0.2, 0.25) is 0 Å². The van der Waals surface area contributed by atoms with Gasteiger partial charge < -0.3 is 24.7 Å². The summed E-state index contributed by atoms with van der Waals surface area (Å²) in [5.41, 5.74) is 6.02. The van der Waals surface area contributed by atoms with Gasteiger partial charge in [0.25, 0.3) is 0 Å². The van der Waals surface area contributed by atoms with Crippen molar-refractivity contribution < 1.29 is 28.5 Å². The van der Waals surface area contributed by atoms with E-state index in [1.54, 1.807) is 13.8 Å². The molecule has 1 heterocycles. The van der Waals surface area contributed by atoms with E-state index in [4.69, 9.17) is 24.7 Å². The highest BCUT2D eigenvalue weighted by Crippen LogP contribution is 2.12. The number of hydrogen-bond donors (Lipinski definition) is 1. The number of anilines is 1. The van der Waals surface area contributed by atoms with Gasteiger partial charge in [0.1, 0.15) is 18.0 Å². The Balaban J connectivity index is 2.36. The highest BCUT2D eigenvalue weighted by Gasteiger charge is 2.17. The first kappa shape index (κ1) is 19.9. The van der Waals surface area contributed by atoms with Crippen LogP contribution < -0.4 is 5.73 Å². The zero-order valence-corrected chi connectivity index (χ0v) is 14.3. The molecule has 0 bridgehead atoms. The maximum atomic E-state index is 11.8. The molecule has 0 saturated heterocycles. The lowest BCUT2D eigenvalue weighted by atomic mass is 10.3. The fourth-order valence-corrected chi connectivity index (χ4v) is 1.79. The van der Waals surface area contributed by atoms with E-state index in [1.807, 2.05) is 6.92 Å². The molecule has 24 heavy (non-hydrogen) atoms. The smallest absolute Gasteiger partial charge is 0.343 e. The third-order valence-electron chi connectivity index (χ3n) is 3.05. The minimum absolute atomic E-state index is 0.0616. The maximum Gasteiger partial charge on any atom is 0.343 e. The number of nitrogens with zero attached hydrogens (tertiary/aromatic N) is 2. The number of carbonyl (C=O) groups is 2. The van der Waals surface area contributed by atoms with Crippen molar-refractivity contribution in [3.8, 4) is 0 Å². The van der Waals surface area contributed by atoms with Gasteiger partial charge in [0.15, 0.2) is 6.10 Å². The molecule has 0 amide bonds. The van der Waals surface area contributed by atoms with Gasteiger partial charge in [-0.15, -0.1) is 0 Å². The Morgan fingerprint density at radius 3 is 2.62 bits per heavy atom. The number of carbonyl (C=O) groups excluding carboxylic acids is 2. The van der Waals surface area contributed by atoms with Crippen molar-refractivity contribution >= 4 is 17.8 Å². The number of nitrogen functional groups attached to an aromatic ring is 1. The standard InChI is InChI=1S/C15H25N3O6/c1-4-21-8-9-23-11(3)14(19)24-7-6-18-13(16)12(10-17-18)15(20)22-5-2/h10-11H,4-9,16H2,1-3H3/t11-/m0/s1. The molecule has 0 aliphatic carbocycles. The second-order valence-electron chi connectivity index (χ2n) is 4.76. The Morgan fingerprint density at radius 1 is 1.21 bits per heavy atom. The second kappa shape index (κ2) is 10.6. The van der Waals surface area contributed by atoms with E-state index in [9.17, 15) is 9.59 Å². The van der Waals surface area contributed by atoms with Crippen LogP contribution >= 0.6 is 0 Å². The molecule has 0 aromatic carbocycles. The number of rotatable bonds is 11. The van der Waals surface area contributed by atoms with Gasteiger partial charge in [-0.25, -0.2) is 14.3 Å². The fourth-order valence-electron chi connectivity index (χ4n) is 1.79. The summed E-state index contributed by atoms with van der Waals surface area (Å²) < 4.78 is 21.7. The number of hydrogen-bond acceptors (Lipinski definition) is 8. The van der Waals surface area contributed by atoms with Crippen LogP contribution in [-0.4, -0.2) is 60.9 Å². The molecule has 1 rings (SSSR count). The minimum atomic E-state index is -0.685. The van der Waals surface area contributed by atoms with Gasteiger partial charge in [0.2, 0.25) is 0 Å². The van der Waals surface area contributed by atoms with Crippen molar-refractivity contribution in [2.75, 3.05) is 38.8 Å². The van der Waals surface area contributed by atoms with Gasteiger partial charge in [-0.2, -0.15) is 5.10 Å². The van der Waals surface area contributed by atoms with Gasteiger partial charge in [0, 0.05) is 6.61 Å². The molecule has 0 spiro atoms. The molecule has 9 nitrogen and oxygen atoms in total. The summed E-state index contributed by atoms with van der Waals surface area (Å²) in [5, 5.41) is 3.98. The summed E-state index contributed by atoms with van der Waals surface area (Å²) >= 11 is 0. The lowest BCUT2D eigenvalue weighted by Gasteiger charge is -2.13. The average molecular weight is 343 g/mol. The van der Waals surface area contributed by atoms with E-state index in [0.717, 1.165) is 0 Å². The van der Waals surface area contributed by atoms with Crippen molar-refractivity contribution in [1.29, 1.82) is 0 Å². The number of esters is 2. The third kappa shape index (κ3) is 6.17. The van der Waals surface area contributed by atoms with Crippen LogP contribution in [0.25, 0.3) is 0 Å². The van der Waals surface area contributed by atoms with E-state index in [1.165, 1.54) is 10.9 Å². The summed E-state index contributed by atoms with van der Waals surface area (Å²) in [5.74, 6) is -0.845. The Kier molecular flexibility index (Phi) is 8.80. The van der Waals surface area contributed by atoms with Crippen LogP contribution in [0.5, 0.6) is 0 Å². The molecule has 0 unspecified atom stereocenters. The van der Waals surface area contributed by atoms with E-state index in [2.05, 4.69) is 5.10 Å². The Hall–Kier alpha value is -2.13. The van der Waals surface area contributed by atoms with Crippen molar-refractivity contribution in [3.05, 3.63) is 11.8 Å². The number of aromatic nitrogens is 2. The molecule has 0 saturated carbocycles. The van der Waals surface area contributed by atoms with Crippen molar-refractivity contribution in [2.45, 2.75) is 33.4 Å². The Morgan fingerprint density at radius 2 is 1.96 bits per heavy atom. The quantitative estimate of drug-likeness (QED) is 0.459. The second-order valence-corrected chi connectivity index (χ2v) is 4.76. The van der Waals surface area contributed by atoms with Crippen LogP contribution in [0.1, 0.15) is 31.1 Å². The number of nitrogens with two attached hydrogens (primary N) is 1. The largest absolute Gasteiger partial charge is 0.462 e. The van der Waals surface area contributed by atoms with Gasteiger partial charge >= 0.3 is 11.9 Å². The predicted octanol–water partition coefficient (Wildman–Crippen LogP) is 0.627. The van der Waals surface area contributed by atoms with Crippen LogP contribution in [0.15, 0.2) is 6.20 Å². The zero-order valence-electron chi connectivity index (χ0n) is 14.3.